The molecule has 6 heterocycles. The molecule has 4 aromatic carbocycles. The molecule has 2 unspecified atom stereocenters. The number of piperazine rings is 1. The Hall–Kier alpha value is -8.58. The number of nitrogens with one attached hydrogen (secondary N) is 4. The highest BCUT2D eigenvalue weighted by atomic mass is 35.5. The number of halogens is 1. The van der Waals surface area contributed by atoms with Crippen LogP contribution in [0.15, 0.2) is 114 Å². The average molecular weight is 1230 g/mol. The van der Waals surface area contributed by atoms with Crippen molar-refractivity contribution in [2.75, 3.05) is 62.6 Å². The highest BCUT2D eigenvalue weighted by molar-refractivity contribution is 7.90. The largest absolute Gasteiger partial charge is 0.455 e. The second-order valence-corrected chi connectivity index (χ2v) is 26.4. The molecule has 5 amide bonds. The van der Waals surface area contributed by atoms with E-state index in [0.717, 1.165) is 92.8 Å². The first-order chi connectivity index (χ1) is 42.3. The highest BCUT2D eigenvalue weighted by Gasteiger charge is 2.40. The van der Waals surface area contributed by atoms with Crippen molar-refractivity contribution in [3.05, 3.63) is 152 Å². The van der Waals surface area contributed by atoms with Crippen LogP contribution >= 0.6 is 11.6 Å². The van der Waals surface area contributed by atoms with E-state index in [0.29, 0.717) is 74.0 Å². The molecule has 2 atom stereocenters. The molecule has 20 nitrogen and oxygen atoms in total. The molecule has 0 bridgehead atoms. The third kappa shape index (κ3) is 14.2. The lowest BCUT2D eigenvalue weighted by molar-refractivity contribution is -0.384. The normalized spacial score (nSPS) is 18.8. The van der Waals surface area contributed by atoms with Crippen LogP contribution in [0.1, 0.15) is 128 Å². The van der Waals surface area contributed by atoms with E-state index in [1.165, 1.54) is 46.0 Å². The van der Waals surface area contributed by atoms with Crippen LogP contribution in [-0.2, 0) is 31.0 Å². The minimum Gasteiger partial charge on any atom is -0.455 e. The molecule has 0 saturated carbocycles. The molecular weight excluding hydrogens is 1160 g/mol. The summed E-state index contributed by atoms with van der Waals surface area (Å²) < 4.78 is 36.5. The SMILES string of the molecule is CC1(C)CCC(CN2CCN(c3ccc(C(=O)NS(=O)(=O)c4ccc(NCC5CCCN(C(=O)CCCCCC#Cc6cccc7c6CN(C6CCC(=O)NC6=O)C7=O)C5)c([N+](=O)[O-])c4)c(Oc4cnc5[nH]ccc5c4)c3)CC2)=C(c2ccc(Cl)cc2)C1. The van der Waals surface area contributed by atoms with Gasteiger partial charge in [0.2, 0.25) is 17.7 Å². The second kappa shape index (κ2) is 26.4. The number of amides is 5. The van der Waals surface area contributed by atoms with Crippen LogP contribution in [0.2, 0.25) is 5.02 Å². The predicted molar refractivity (Wildman–Crippen MR) is 335 cm³/mol. The number of benzene rings is 4. The number of ether oxygens (including phenoxy) is 1. The van der Waals surface area contributed by atoms with Crippen LogP contribution < -0.4 is 25.0 Å². The summed E-state index contributed by atoms with van der Waals surface area (Å²) in [5.74, 6) is 4.78. The number of likely N-dealkylation sites (tertiary alicyclic amines) is 1. The highest BCUT2D eigenvalue weighted by Crippen LogP contribution is 2.44. The lowest BCUT2D eigenvalue weighted by atomic mass is 9.72. The molecule has 0 radical (unpaired) electrons. The van der Waals surface area contributed by atoms with Crippen LogP contribution in [0.3, 0.4) is 0 Å². The Bertz CT molecular complexity index is 3920. The van der Waals surface area contributed by atoms with Gasteiger partial charge in [0.1, 0.15) is 28.9 Å². The fraction of sp³-hybridized carbons (Fsp3) is 0.394. The van der Waals surface area contributed by atoms with Crippen LogP contribution in [0, 0.1) is 33.3 Å². The summed E-state index contributed by atoms with van der Waals surface area (Å²) >= 11 is 6.27. The molecule has 1 aliphatic carbocycles. The zero-order valence-electron chi connectivity index (χ0n) is 49.4. The maximum absolute atomic E-state index is 14.2. The quantitative estimate of drug-likeness (QED) is 0.0194. The average Bonchev–Trinajstić information content (AvgIpc) is 3.11. The smallest absolute Gasteiger partial charge is 0.293 e. The lowest BCUT2D eigenvalue weighted by Crippen LogP contribution is -2.52. The summed E-state index contributed by atoms with van der Waals surface area (Å²) in [5.41, 5.74) is 7.20. The van der Waals surface area contributed by atoms with Gasteiger partial charge in [-0.05, 0) is 140 Å². The van der Waals surface area contributed by atoms with Gasteiger partial charge in [0.25, 0.3) is 27.5 Å². The van der Waals surface area contributed by atoms with Crippen molar-refractivity contribution in [1.29, 1.82) is 0 Å². The van der Waals surface area contributed by atoms with Crippen molar-refractivity contribution in [2.24, 2.45) is 11.3 Å². The number of nitro benzene ring substituents is 1. The maximum atomic E-state index is 14.2. The molecule has 0 spiro atoms. The van der Waals surface area contributed by atoms with Gasteiger partial charge in [-0.1, -0.05) is 67.5 Å². The Kier molecular flexibility index (Phi) is 18.3. The first-order valence-corrected chi connectivity index (χ1v) is 32.0. The number of nitrogens with zero attached hydrogens (tertiary/aromatic N) is 6. The Balaban J connectivity index is 0.681. The first-order valence-electron chi connectivity index (χ1n) is 30.2. The number of hydrogen-bond acceptors (Lipinski definition) is 14. The Labute approximate surface area is 516 Å². The number of imide groups is 1. The van der Waals surface area contributed by atoms with E-state index < -0.39 is 43.4 Å². The molecule has 6 aromatic rings. The van der Waals surface area contributed by atoms with Crippen molar-refractivity contribution in [2.45, 2.75) is 108 Å². The van der Waals surface area contributed by atoms with E-state index >= 15 is 0 Å². The number of allylic oxidation sites excluding steroid dienone is 1. The zero-order valence-corrected chi connectivity index (χ0v) is 50.9. The monoisotopic (exact) mass is 1230 g/mol. The molecule has 3 fully saturated rings. The Morgan fingerprint density at radius 1 is 0.932 bits per heavy atom. The summed E-state index contributed by atoms with van der Waals surface area (Å²) in [4.78, 5) is 91.9. The van der Waals surface area contributed by atoms with Gasteiger partial charge in [-0.25, -0.2) is 18.1 Å². The van der Waals surface area contributed by atoms with Crippen molar-refractivity contribution < 1.29 is 42.1 Å². The van der Waals surface area contributed by atoms with Crippen LogP contribution in [0.5, 0.6) is 11.5 Å². The molecule has 458 valence electrons. The van der Waals surface area contributed by atoms with Crippen molar-refractivity contribution in [3.8, 4) is 23.3 Å². The molecule has 3 saturated heterocycles. The molecule has 2 aromatic heterocycles. The minimum absolute atomic E-state index is 0.0267. The standard InChI is InChI=1S/C66H71ClN10O10S/c1-66(2)27-25-47(54(37-66)45-15-17-48(67)18-16-45)41-73-30-32-74(33-31-73)49-19-21-53(59(35-49)87-50-34-46-26-28-68-62(46)70-39-50)63(80)72-88(85,86)51-20-22-56(58(36-51)77(83)84)69-38-43-10-9-29-75(40-43)61(79)14-7-5-3-4-6-11-44-12-8-13-52-55(44)42-76(65(52)82)57-23-24-60(78)71-64(57)81/h8,12-13,15-22,26,28,34-36,39,43,57,69H,3-5,7,9-10,14,23-25,27,29-33,37-38,40-42H2,1-2H3,(H,68,70)(H,72,80)(H,71,78,81). The fourth-order valence-corrected chi connectivity index (χ4v) is 13.7. The number of hydrogen-bond donors (Lipinski definition) is 4. The van der Waals surface area contributed by atoms with Gasteiger partial charge < -0.3 is 29.7 Å². The number of carbonyl (C=O) groups excluding carboxylic acids is 5. The van der Waals surface area contributed by atoms with Gasteiger partial charge in [0.05, 0.1) is 21.6 Å². The topological polar surface area (TPSA) is 250 Å². The maximum Gasteiger partial charge on any atom is 0.293 e. The van der Waals surface area contributed by atoms with Crippen LogP contribution in [0.4, 0.5) is 17.1 Å². The van der Waals surface area contributed by atoms with Crippen molar-refractivity contribution in [1.82, 2.24) is 34.7 Å². The molecular formula is C66H71ClN10O10S. The van der Waals surface area contributed by atoms with Gasteiger partial charge in [0.15, 0.2) is 0 Å². The summed E-state index contributed by atoms with van der Waals surface area (Å²) in [6, 6.07) is 24.9. The number of aromatic nitrogens is 2. The van der Waals surface area contributed by atoms with E-state index in [4.69, 9.17) is 16.3 Å². The summed E-state index contributed by atoms with van der Waals surface area (Å²) in [6.45, 7) is 10.1. The predicted octanol–water partition coefficient (Wildman–Crippen LogP) is 10.2. The number of sulfonamides is 1. The van der Waals surface area contributed by atoms with E-state index in [2.05, 4.69) is 72.9 Å². The number of nitro groups is 1. The molecule has 4 aliphatic heterocycles. The molecule has 22 heteroatoms. The summed E-state index contributed by atoms with van der Waals surface area (Å²) in [6.07, 6.45) is 11.6. The number of rotatable bonds is 19. The number of anilines is 2. The third-order valence-electron chi connectivity index (χ3n) is 17.5. The lowest BCUT2D eigenvalue weighted by Gasteiger charge is -2.39. The first kappa shape index (κ1) is 61.1. The molecule has 4 N–H and O–H groups in total. The number of H-pyrrole nitrogens is 1. The molecule has 88 heavy (non-hydrogen) atoms. The van der Waals surface area contributed by atoms with E-state index in [1.807, 2.05) is 29.2 Å². The van der Waals surface area contributed by atoms with Gasteiger partial charge in [-0.2, -0.15) is 0 Å². The molecule has 11 rings (SSSR count). The number of fused-ring (bicyclic) bond motifs is 2. The van der Waals surface area contributed by atoms with Gasteiger partial charge in [-0.3, -0.25) is 44.3 Å². The summed E-state index contributed by atoms with van der Waals surface area (Å²) in [5, 5.41) is 19.5. The van der Waals surface area contributed by atoms with Crippen molar-refractivity contribution >= 4 is 84.8 Å². The minimum atomic E-state index is -4.67. The number of pyridine rings is 1. The van der Waals surface area contributed by atoms with Gasteiger partial charge in [-0.15, -0.1) is 0 Å². The number of carbonyl (C=O) groups is 5. The van der Waals surface area contributed by atoms with E-state index in [1.54, 1.807) is 36.5 Å². The summed E-state index contributed by atoms with van der Waals surface area (Å²) in [7, 11) is -4.67. The fourth-order valence-electron chi connectivity index (χ4n) is 12.6. The van der Waals surface area contributed by atoms with Gasteiger partial charge >= 0.3 is 0 Å². The van der Waals surface area contributed by atoms with E-state index in [-0.39, 0.29) is 65.4 Å². The second-order valence-electron chi connectivity index (χ2n) is 24.3. The van der Waals surface area contributed by atoms with Crippen molar-refractivity contribution in [3.63, 3.8) is 0 Å². The Morgan fingerprint density at radius 3 is 2.55 bits per heavy atom. The number of aromatic amines is 1. The van der Waals surface area contributed by atoms with Crippen LogP contribution in [-0.4, -0.2) is 126 Å². The van der Waals surface area contributed by atoms with Gasteiger partial charge in [0, 0.05) is 124 Å². The zero-order chi connectivity index (χ0) is 61.7. The van der Waals surface area contributed by atoms with Crippen LogP contribution in [0.25, 0.3) is 16.6 Å². The molecule has 5 aliphatic rings. The van der Waals surface area contributed by atoms with E-state index in [9.17, 15) is 42.5 Å². The third-order valence-corrected chi connectivity index (χ3v) is 19.1. The number of unbranched alkanes of at least 4 members (excludes halogenated alkanes) is 3. The number of piperidine rings is 2. The Morgan fingerprint density at radius 2 is 1.75 bits per heavy atom.